The van der Waals surface area contributed by atoms with E-state index in [0.717, 1.165) is 21.0 Å². The van der Waals surface area contributed by atoms with Gasteiger partial charge in [0.2, 0.25) is 0 Å². The van der Waals surface area contributed by atoms with Crippen LogP contribution in [0.5, 0.6) is 0 Å². The molecule has 9 heteroatoms. The SMILES string of the molecule is C1SCC1[S][Sn]([S]C1CSC1)([S]C1CSC1)[S]C1CSC1. The van der Waals surface area contributed by atoms with Gasteiger partial charge in [-0.2, -0.15) is 0 Å². The van der Waals surface area contributed by atoms with Gasteiger partial charge in [0.1, 0.15) is 0 Å². The molecule has 4 rings (SSSR count). The van der Waals surface area contributed by atoms with Crippen LogP contribution in [0.4, 0.5) is 0 Å². The quantitative estimate of drug-likeness (QED) is 0.398. The van der Waals surface area contributed by atoms with Crippen LogP contribution in [0.25, 0.3) is 0 Å². The van der Waals surface area contributed by atoms with Gasteiger partial charge in [0.05, 0.1) is 0 Å². The number of thioether (sulfide) groups is 4. The molecule has 4 aliphatic rings. The van der Waals surface area contributed by atoms with Crippen LogP contribution >= 0.6 is 82.8 Å². The fourth-order valence-electron chi connectivity index (χ4n) is 2.11. The molecule has 0 unspecified atom stereocenters. The average molecular weight is 540 g/mol. The number of hydrogen-bond acceptors (Lipinski definition) is 8. The van der Waals surface area contributed by atoms with E-state index in [0.29, 0.717) is 0 Å². The first-order valence-corrected chi connectivity index (χ1v) is 29.5. The Kier molecular flexibility index (Phi) is 7.30. The second-order valence-corrected chi connectivity index (χ2v) is 51.3. The molecule has 21 heavy (non-hydrogen) atoms. The molecular formula is C12H20S8Sn. The van der Waals surface area contributed by atoms with Crippen LogP contribution in [-0.2, 0) is 0 Å². The molecule has 0 aromatic heterocycles. The van der Waals surface area contributed by atoms with Gasteiger partial charge in [0.15, 0.2) is 0 Å². The molecule has 0 aliphatic carbocycles. The van der Waals surface area contributed by atoms with Crippen LogP contribution in [0.1, 0.15) is 0 Å². The van der Waals surface area contributed by atoms with E-state index in [9.17, 15) is 0 Å². The fourth-order valence-corrected chi connectivity index (χ4v) is 80.7. The first-order valence-electron chi connectivity index (χ1n) is 7.33. The zero-order valence-electron chi connectivity index (χ0n) is 11.7. The maximum absolute atomic E-state index is 2.56. The Bertz CT molecular complexity index is 284. The van der Waals surface area contributed by atoms with Gasteiger partial charge in [0.25, 0.3) is 0 Å². The first-order chi connectivity index (χ1) is 10.3. The zero-order valence-corrected chi connectivity index (χ0v) is 21.1. The summed E-state index contributed by atoms with van der Waals surface area (Å²) in [7, 11) is 10.2. The Hall–Kier alpha value is 3.60. The zero-order chi connectivity index (χ0) is 14.1. The monoisotopic (exact) mass is 540 g/mol. The molecule has 0 bridgehead atoms. The summed E-state index contributed by atoms with van der Waals surface area (Å²) >= 11 is 6.50. The summed E-state index contributed by atoms with van der Waals surface area (Å²) in [4.78, 5) is 0. The van der Waals surface area contributed by atoms with Crippen LogP contribution in [0.2, 0.25) is 0 Å². The predicted molar refractivity (Wildman–Crippen MR) is 121 cm³/mol. The fraction of sp³-hybridized carbons (Fsp3) is 1.00. The van der Waals surface area contributed by atoms with Crippen molar-refractivity contribution in [3.05, 3.63) is 0 Å². The number of rotatable bonds is 8. The van der Waals surface area contributed by atoms with Crippen molar-refractivity contribution in [3.8, 4) is 0 Å². The molecule has 0 aromatic rings. The first kappa shape index (κ1) is 18.0. The van der Waals surface area contributed by atoms with Crippen molar-refractivity contribution in [2.45, 2.75) is 21.0 Å². The molecule has 4 heterocycles. The van der Waals surface area contributed by atoms with Crippen molar-refractivity contribution in [2.24, 2.45) is 0 Å². The van der Waals surface area contributed by atoms with Gasteiger partial charge in [-0.25, -0.2) is 0 Å². The molecule has 4 fully saturated rings. The summed E-state index contributed by atoms with van der Waals surface area (Å²) in [5.41, 5.74) is 0. The van der Waals surface area contributed by atoms with Crippen molar-refractivity contribution in [2.75, 3.05) is 46.0 Å². The van der Waals surface area contributed by atoms with Crippen molar-refractivity contribution < 1.29 is 0 Å². The average Bonchev–Trinajstić information content (AvgIpc) is 2.28. The summed E-state index contributed by atoms with van der Waals surface area (Å²) in [5.74, 6) is 11.6. The van der Waals surface area contributed by atoms with Crippen LogP contribution in [0, 0.1) is 0 Å². The Labute approximate surface area is 160 Å². The van der Waals surface area contributed by atoms with Crippen LogP contribution in [0.15, 0.2) is 0 Å². The molecule has 0 atom stereocenters. The van der Waals surface area contributed by atoms with Crippen molar-refractivity contribution in [1.29, 1.82) is 0 Å². The van der Waals surface area contributed by atoms with E-state index in [4.69, 9.17) is 0 Å². The summed E-state index contributed by atoms with van der Waals surface area (Å²) in [6.45, 7) is 0. The minimum absolute atomic E-state index is 1.02. The number of hydrogen-bond donors (Lipinski definition) is 0. The van der Waals surface area contributed by atoms with Gasteiger partial charge in [0, 0.05) is 0 Å². The van der Waals surface area contributed by atoms with Gasteiger partial charge in [-0.05, 0) is 0 Å². The minimum atomic E-state index is -2.20. The van der Waals surface area contributed by atoms with E-state index in [1.165, 1.54) is 46.0 Å². The molecule has 4 aliphatic heterocycles. The third kappa shape index (κ3) is 4.86. The molecule has 4 saturated heterocycles. The summed E-state index contributed by atoms with van der Waals surface area (Å²) in [6, 6.07) is 0. The van der Waals surface area contributed by atoms with Gasteiger partial charge in [-0.3, -0.25) is 0 Å². The molecular weight excluding hydrogens is 519 g/mol. The summed E-state index contributed by atoms with van der Waals surface area (Å²) in [5, 5.41) is 4.08. The van der Waals surface area contributed by atoms with E-state index in [2.05, 4.69) is 82.8 Å². The van der Waals surface area contributed by atoms with E-state index < -0.39 is 12.8 Å². The molecule has 0 nitrogen and oxygen atoms in total. The molecule has 0 aromatic carbocycles. The van der Waals surface area contributed by atoms with Crippen LogP contribution < -0.4 is 0 Å². The van der Waals surface area contributed by atoms with Crippen molar-refractivity contribution in [3.63, 3.8) is 0 Å². The summed E-state index contributed by atoms with van der Waals surface area (Å²) in [6.07, 6.45) is 0. The Morgan fingerprint density at radius 1 is 0.476 bits per heavy atom. The van der Waals surface area contributed by atoms with E-state index in [1.807, 2.05) is 0 Å². The predicted octanol–water partition coefficient (Wildman–Crippen LogP) is 4.82. The van der Waals surface area contributed by atoms with Gasteiger partial charge < -0.3 is 0 Å². The molecule has 0 spiro atoms. The van der Waals surface area contributed by atoms with Gasteiger partial charge in [-0.15, -0.1) is 0 Å². The molecule has 120 valence electrons. The normalized spacial score (nSPS) is 28.6. The standard InChI is InChI=1S/4C3H6S2.Sn/c4*4-3-1-5-2-3;/h4*3-4H,1-2H2;/q;;;;+4/p-4. The maximum atomic E-state index is 2.56. The third-order valence-corrected chi connectivity index (χ3v) is 58.8. The van der Waals surface area contributed by atoms with Crippen molar-refractivity contribution in [1.82, 2.24) is 0 Å². The molecule has 0 saturated carbocycles. The van der Waals surface area contributed by atoms with Gasteiger partial charge >= 0.3 is 163 Å². The Morgan fingerprint density at radius 3 is 0.857 bits per heavy atom. The second kappa shape index (κ2) is 8.53. The van der Waals surface area contributed by atoms with Gasteiger partial charge in [-0.1, -0.05) is 0 Å². The van der Waals surface area contributed by atoms with E-state index in [-0.39, 0.29) is 0 Å². The van der Waals surface area contributed by atoms with Crippen molar-refractivity contribution >= 4 is 95.7 Å². The molecule has 0 amide bonds. The van der Waals surface area contributed by atoms with E-state index in [1.54, 1.807) is 0 Å². The van der Waals surface area contributed by atoms with Crippen LogP contribution in [-0.4, -0.2) is 79.9 Å². The Balaban J connectivity index is 1.45. The Morgan fingerprint density at radius 2 is 0.714 bits per heavy atom. The third-order valence-electron chi connectivity index (χ3n) is 3.67. The molecule has 0 radical (unpaired) electrons. The van der Waals surface area contributed by atoms with E-state index >= 15 is 0 Å². The second-order valence-electron chi connectivity index (χ2n) is 5.61. The van der Waals surface area contributed by atoms with Crippen LogP contribution in [0.3, 0.4) is 0 Å². The molecule has 0 N–H and O–H groups in total. The summed E-state index contributed by atoms with van der Waals surface area (Å²) < 4.78 is 0. The topological polar surface area (TPSA) is 0 Å².